The summed E-state index contributed by atoms with van der Waals surface area (Å²) in [6, 6.07) is 58.0. The molecule has 10 aromatic rings. The summed E-state index contributed by atoms with van der Waals surface area (Å²) in [6.07, 6.45) is 0. The molecule has 62 heavy (non-hydrogen) atoms. The highest BCUT2D eigenvalue weighted by molar-refractivity contribution is 5.89. The van der Waals surface area contributed by atoms with Crippen molar-refractivity contribution in [2.24, 2.45) is 0 Å². The van der Waals surface area contributed by atoms with E-state index in [0.29, 0.717) is 34.2 Å². The molecule has 7 heteroatoms. The van der Waals surface area contributed by atoms with Crippen molar-refractivity contribution in [2.45, 2.75) is 0 Å². The van der Waals surface area contributed by atoms with Gasteiger partial charge in [-0.1, -0.05) is 188 Å². The number of benzene rings is 8. The third-order valence-corrected chi connectivity index (χ3v) is 10.4. The van der Waals surface area contributed by atoms with Crippen molar-refractivity contribution in [1.29, 1.82) is 5.26 Å². The third-order valence-electron chi connectivity index (χ3n) is 10.4. The minimum Gasteiger partial charge on any atom is -0.208 e. The van der Waals surface area contributed by atoms with E-state index in [1.54, 1.807) is 12.1 Å². The molecule has 10 rings (SSSR count). The normalized spacial score (nSPS) is 12.0. The van der Waals surface area contributed by atoms with Crippen LogP contribution in [0.25, 0.3) is 102 Å². The summed E-state index contributed by atoms with van der Waals surface area (Å²) in [7, 11) is 0. The Labute approximate surface area is 366 Å². The Balaban J connectivity index is 1.18. The molecule has 0 saturated heterocycles. The summed E-state index contributed by atoms with van der Waals surface area (Å²) in [5.41, 5.74) is 8.81. The van der Waals surface area contributed by atoms with E-state index >= 15 is 0 Å². The van der Waals surface area contributed by atoms with Gasteiger partial charge in [-0.2, -0.15) is 5.26 Å². The van der Waals surface area contributed by atoms with Crippen LogP contribution in [0.15, 0.2) is 212 Å². The maximum absolute atomic E-state index is 9.93. The Bertz CT molecular complexity index is 3460. The van der Waals surface area contributed by atoms with Crippen LogP contribution in [-0.2, 0) is 0 Å². The van der Waals surface area contributed by atoms with Gasteiger partial charge in [0.1, 0.15) is 0 Å². The van der Waals surface area contributed by atoms with Gasteiger partial charge in [0.15, 0.2) is 34.9 Å². The highest BCUT2D eigenvalue weighted by Crippen LogP contribution is 2.39. The van der Waals surface area contributed by atoms with Gasteiger partial charge in [0.05, 0.1) is 18.5 Å². The predicted molar refractivity (Wildman–Crippen MR) is 247 cm³/mol. The van der Waals surface area contributed by atoms with Crippen LogP contribution in [0.1, 0.15) is 12.4 Å². The molecule has 8 aromatic carbocycles. The van der Waals surface area contributed by atoms with Crippen LogP contribution in [0.2, 0.25) is 0 Å². The molecule has 2 heterocycles. The van der Waals surface area contributed by atoms with Crippen LogP contribution >= 0.6 is 0 Å². The van der Waals surface area contributed by atoms with Gasteiger partial charge >= 0.3 is 0 Å². The first-order valence-electron chi connectivity index (χ1n) is 22.4. The van der Waals surface area contributed by atoms with Crippen LogP contribution in [-0.4, -0.2) is 29.9 Å². The van der Waals surface area contributed by atoms with Crippen LogP contribution < -0.4 is 0 Å². The molecule has 0 aliphatic carbocycles. The van der Waals surface area contributed by atoms with Crippen molar-refractivity contribution < 1.29 is 6.85 Å². The maximum Gasteiger partial charge on any atom is 0.164 e. The molecule has 0 radical (unpaired) electrons. The molecular formula is C55H35N7. The second kappa shape index (κ2) is 16.9. The zero-order valence-corrected chi connectivity index (χ0v) is 33.0. The number of nitriles is 1. The summed E-state index contributed by atoms with van der Waals surface area (Å²) in [6.45, 7) is 0. The van der Waals surface area contributed by atoms with Crippen molar-refractivity contribution >= 4 is 0 Å². The molecule has 290 valence electrons. The molecule has 0 bridgehead atoms. The van der Waals surface area contributed by atoms with Gasteiger partial charge in [-0.3, -0.25) is 0 Å². The summed E-state index contributed by atoms with van der Waals surface area (Å²) in [4.78, 5) is 29.8. The Hall–Kier alpha value is -8.73. The molecule has 0 saturated carbocycles. The minimum absolute atomic E-state index is 0.0912. The summed E-state index contributed by atoms with van der Waals surface area (Å²) in [5.74, 6) is 1.91. The molecule has 0 aliphatic heterocycles. The van der Waals surface area contributed by atoms with Gasteiger partial charge in [0.2, 0.25) is 0 Å². The molecule has 0 unspecified atom stereocenters. The Morgan fingerprint density at radius 1 is 0.306 bits per heavy atom. The topological polar surface area (TPSA) is 101 Å². The number of hydrogen-bond donors (Lipinski definition) is 0. The second-order valence-corrected chi connectivity index (χ2v) is 14.3. The van der Waals surface area contributed by atoms with Gasteiger partial charge in [-0.05, 0) is 57.6 Å². The van der Waals surface area contributed by atoms with Crippen LogP contribution in [0.5, 0.6) is 0 Å². The quantitative estimate of drug-likeness (QED) is 0.143. The molecule has 0 fully saturated rings. The lowest BCUT2D eigenvalue weighted by atomic mass is 9.92. The monoisotopic (exact) mass is 798 g/mol. The Kier molecular flexibility index (Phi) is 8.75. The second-order valence-electron chi connectivity index (χ2n) is 14.3. The first-order valence-corrected chi connectivity index (χ1v) is 19.9. The fourth-order valence-electron chi connectivity index (χ4n) is 7.38. The fraction of sp³-hybridized carbons (Fsp3) is 0. The van der Waals surface area contributed by atoms with Crippen LogP contribution in [0.4, 0.5) is 0 Å². The number of hydrogen-bond acceptors (Lipinski definition) is 7. The Morgan fingerprint density at radius 2 is 0.742 bits per heavy atom. The first kappa shape index (κ1) is 32.2. The van der Waals surface area contributed by atoms with Crippen molar-refractivity contribution in [3.8, 4) is 108 Å². The van der Waals surface area contributed by atoms with Gasteiger partial charge in [-0.15, -0.1) is 0 Å². The van der Waals surface area contributed by atoms with E-state index in [0.717, 1.165) is 50.1 Å². The van der Waals surface area contributed by atoms with Crippen LogP contribution in [0, 0.1) is 11.3 Å². The number of rotatable bonds is 9. The van der Waals surface area contributed by atoms with E-state index in [1.165, 1.54) is 0 Å². The standard InChI is InChI=1S/C55H35N7/c56-36-44-26-13-14-29-45(44)41-27-17-28-43(34-41)53-58-52(40-24-11-4-12-25-40)61-55(62-53)48-33-32-42(35-49(48)37-18-5-1-6-19-37)46-30-15-16-31-47(46)54-59-50(38-20-7-2-8-21-38)57-51(60-54)39-22-9-3-10-23-39/h1-35H/i4D,11D,12D,24D,25D. The van der Waals surface area contributed by atoms with E-state index in [9.17, 15) is 5.26 Å². The summed E-state index contributed by atoms with van der Waals surface area (Å²) < 4.78 is 43.1. The molecule has 0 amide bonds. The zero-order chi connectivity index (χ0) is 46.0. The SMILES string of the molecule is [2H]c1c([2H])c([2H])c(-c2nc(-c3cccc(-c4ccccc4C#N)c3)nc(-c3ccc(-c4ccccc4-c4nc(-c5ccccc5)nc(-c5ccccc5)n4)cc3-c3ccccc3)n2)c([2H])c1[2H]. The van der Waals surface area contributed by atoms with Crippen molar-refractivity contribution in [3.05, 3.63) is 218 Å². The number of nitrogens with zero attached hydrogens (tertiary/aromatic N) is 7. The smallest absolute Gasteiger partial charge is 0.164 e. The lowest BCUT2D eigenvalue weighted by molar-refractivity contribution is 1.07. The zero-order valence-electron chi connectivity index (χ0n) is 38.0. The largest absolute Gasteiger partial charge is 0.208 e. The number of aromatic nitrogens is 6. The molecule has 0 atom stereocenters. The van der Waals surface area contributed by atoms with Gasteiger partial charge < -0.3 is 0 Å². The highest BCUT2D eigenvalue weighted by Gasteiger charge is 2.20. The molecule has 0 N–H and O–H groups in total. The van der Waals surface area contributed by atoms with Crippen LogP contribution in [0.3, 0.4) is 0 Å². The van der Waals surface area contributed by atoms with Gasteiger partial charge in [0, 0.05) is 33.4 Å². The average Bonchev–Trinajstić information content (AvgIpc) is 3.40. The molecule has 7 nitrogen and oxygen atoms in total. The van der Waals surface area contributed by atoms with E-state index < -0.39 is 30.2 Å². The van der Waals surface area contributed by atoms with Crippen molar-refractivity contribution in [1.82, 2.24) is 29.9 Å². The molecular weight excluding hydrogens is 759 g/mol. The molecule has 0 spiro atoms. The van der Waals surface area contributed by atoms with E-state index in [-0.39, 0.29) is 23.0 Å². The minimum atomic E-state index is -0.524. The van der Waals surface area contributed by atoms with Gasteiger partial charge in [0.25, 0.3) is 0 Å². The highest BCUT2D eigenvalue weighted by atomic mass is 15.0. The van der Waals surface area contributed by atoms with E-state index in [2.05, 4.69) is 12.1 Å². The van der Waals surface area contributed by atoms with Crippen molar-refractivity contribution in [3.63, 3.8) is 0 Å². The third kappa shape index (κ3) is 7.63. The molecule has 2 aromatic heterocycles. The fourth-order valence-corrected chi connectivity index (χ4v) is 7.38. The van der Waals surface area contributed by atoms with E-state index in [4.69, 9.17) is 36.8 Å². The maximum atomic E-state index is 9.93. The van der Waals surface area contributed by atoms with Crippen molar-refractivity contribution in [2.75, 3.05) is 0 Å². The lowest BCUT2D eigenvalue weighted by Crippen LogP contribution is -2.02. The van der Waals surface area contributed by atoms with E-state index in [1.807, 2.05) is 164 Å². The summed E-state index contributed by atoms with van der Waals surface area (Å²) in [5, 5.41) is 9.93. The first-order chi connectivity index (χ1) is 32.7. The van der Waals surface area contributed by atoms with Gasteiger partial charge in [-0.25, -0.2) is 29.9 Å². The lowest BCUT2D eigenvalue weighted by Gasteiger charge is -2.16. The Morgan fingerprint density at radius 3 is 1.35 bits per heavy atom. The average molecular weight is 799 g/mol. The predicted octanol–water partition coefficient (Wildman–Crippen LogP) is 12.9. The molecule has 0 aliphatic rings. The summed E-state index contributed by atoms with van der Waals surface area (Å²) >= 11 is 0.